The van der Waals surface area contributed by atoms with Crippen LogP contribution in [0.4, 0.5) is 5.69 Å². The maximum Gasteiger partial charge on any atom is 0.266 e. The highest BCUT2D eigenvalue weighted by atomic mass is 35.5. The van der Waals surface area contributed by atoms with E-state index in [1.165, 1.54) is 10.9 Å². The van der Waals surface area contributed by atoms with Gasteiger partial charge in [-0.25, -0.2) is 0 Å². The highest BCUT2D eigenvalue weighted by molar-refractivity contribution is 7.80. The van der Waals surface area contributed by atoms with Crippen LogP contribution in [0.3, 0.4) is 0 Å². The molecule has 1 heterocycles. The highest BCUT2D eigenvalue weighted by Crippen LogP contribution is 2.28. The van der Waals surface area contributed by atoms with Crippen molar-refractivity contribution in [1.82, 2.24) is 20.3 Å². The van der Waals surface area contributed by atoms with Gasteiger partial charge in [-0.1, -0.05) is 34.8 Å². The molecule has 0 radical (unpaired) electrons. The molecule has 0 bridgehead atoms. The van der Waals surface area contributed by atoms with Gasteiger partial charge < -0.3 is 10.1 Å². The number of halogens is 3. The number of benzene rings is 3. The fourth-order valence-electron chi connectivity index (χ4n) is 3.07. The van der Waals surface area contributed by atoms with Crippen molar-refractivity contribution in [2.45, 2.75) is 20.0 Å². The second-order valence-corrected chi connectivity index (χ2v) is 9.09. The van der Waals surface area contributed by atoms with Crippen LogP contribution in [0.1, 0.15) is 12.5 Å². The van der Waals surface area contributed by atoms with Gasteiger partial charge in [0.15, 0.2) is 11.2 Å². The fourth-order valence-corrected chi connectivity index (χ4v) is 3.86. The lowest BCUT2D eigenvalue weighted by atomic mass is 10.2. The summed E-state index contributed by atoms with van der Waals surface area (Å²) in [5, 5.41) is 16.2. The summed E-state index contributed by atoms with van der Waals surface area (Å²) in [5.74, 6) is -0.0893. The van der Waals surface area contributed by atoms with Gasteiger partial charge in [-0.05, 0) is 86.2 Å². The molecule has 0 aliphatic heterocycles. The average Bonchev–Trinajstić information content (AvgIpc) is 3.18. The molecule has 4 rings (SSSR count). The summed E-state index contributed by atoms with van der Waals surface area (Å²) in [5.41, 5.74) is 3.73. The third kappa shape index (κ3) is 5.59. The smallest absolute Gasteiger partial charge is 0.266 e. The Hall–Kier alpha value is -2.91. The molecule has 0 aliphatic carbocycles. The Labute approximate surface area is 215 Å². The number of hydrogen-bond donors (Lipinski definition) is 2. The largest absolute Gasteiger partial charge is 0.479 e. The molecule has 174 valence electrons. The maximum atomic E-state index is 12.5. The molecular formula is C23H18Cl3N5O2S. The number of ether oxygens (including phenoxy) is 1. The first kappa shape index (κ1) is 24.2. The van der Waals surface area contributed by atoms with E-state index in [0.29, 0.717) is 32.0 Å². The van der Waals surface area contributed by atoms with Crippen LogP contribution in [0.2, 0.25) is 15.1 Å². The Morgan fingerprint density at radius 3 is 2.32 bits per heavy atom. The van der Waals surface area contributed by atoms with Gasteiger partial charge in [0.25, 0.3) is 5.91 Å². The van der Waals surface area contributed by atoms with Crippen LogP contribution in [0.25, 0.3) is 16.7 Å². The first-order valence-corrected chi connectivity index (χ1v) is 11.6. The topological polar surface area (TPSA) is 81.1 Å². The van der Waals surface area contributed by atoms with Gasteiger partial charge in [0.05, 0.1) is 10.7 Å². The Kier molecular flexibility index (Phi) is 7.23. The van der Waals surface area contributed by atoms with E-state index in [2.05, 4.69) is 20.8 Å². The van der Waals surface area contributed by atoms with E-state index in [1.54, 1.807) is 31.2 Å². The molecule has 7 nitrogen and oxygen atoms in total. The van der Waals surface area contributed by atoms with E-state index in [0.717, 1.165) is 16.8 Å². The number of aryl methyl sites for hydroxylation is 1. The summed E-state index contributed by atoms with van der Waals surface area (Å²) >= 11 is 23.3. The van der Waals surface area contributed by atoms with E-state index in [-0.39, 0.29) is 5.11 Å². The molecule has 3 aromatic carbocycles. The van der Waals surface area contributed by atoms with Gasteiger partial charge in [-0.15, -0.1) is 10.2 Å². The number of anilines is 1. The number of nitrogens with zero attached hydrogens (tertiary/aromatic N) is 3. The Morgan fingerprint density at radius 1 is 1.00 bits per heavy atom. The van der Waals surface area contributed by atoms with E-state index < -0.39 is 12.0 Å². The van der Waals surface area contributed by atoms with Crippen LogP contribution in [-0.2, 0) is 4.79 Å². The molecule has 1 unspecified atom stereocenters. The molecule has 0 spiro atoms. The zero-order chi connectivity index (χ0) is 24.4. The zero-order valence-electron chi connectivity index (χ0n) is 18.0. The summed E-state index contributed by atoms with van der Waals surface area (Å²) < 4.78 is 5.63. The van der Waals surface area contributed by atoms with E-state index in [1.807, 2.05) is 31.2 Å². The van der Waals surface area contributed by atoms with Gasteiger partial charge in [0.1, 0.15) is 16.8 Å². The summed E-state index contributed by atoms with van der Waals surface area (Å²) in [6.07, 6.45) is -0.846. The number of nitrogens with one attached hydrogen (secondary N) is 2. The SMILES string of the molecule is Cc1cc2nn(-c3ccc(Cl)cc3)nc2cc1NC(=S)NC(=O)C(C)Oc1ccc(Cl)cc1Cl. The van der Waals surface area contributed by atoms with Crippen LogP contribution in [-0.4, -0.2) is 32.1 Å². The highest BCUT2D eigenvalue weighted by Gasteiger charge is 2.18. The molecule has 4 aromatic rings. The minimum atomic E-state index is -0.846. The van der Waals surface area contributed by atoms with Crippen LogP contribution in [0.15, 0.2) is 54.6 Å². The number of carbonyl (C=O) groups is 1. The van der Waals surface area contributed by atoms with Crippen molar-refractivity contribution in [3.8, 4) is 11.4 Å². The van der Waals surface area contributed by atoms with E-state index in [9.17, 15) is 4.79 Å². The Bertz CT molecular complexity index is 1390. The van der Waals surface area contributed by atoms with Gasteiger partial charge in [-0.2, -0.15) is 4.80 Å². The van der Waals surface area contributed by atoms with Crippen LogP contribution < -0.4 is 15.4 Å². The Morgan fingerprint density at radius 2 is 1.65 bits per heavy atom. The van der Waals surface area contributed by atoms with Crippen molar-refractivity contribution >= 4 is 74.8 Å². The van der Waals surface area contributed by atoms with Gasteiger partial charge >= 0.3 is 0 Å². The number of hydrogen-bond acceptors (Lipinski definition) is 5. The predicted molar refractivity (Wildman–Crippen MR) is 140 cm³/mol. The quantitative estimate of drug-likeness (QED) is 0.307. The molecule has 0 saturated carbocycles. The first-order chi connectivity index (χ1) is 16.2. The number of amides is 1. The fraction of sp³-hybridized carbons (Fsp3) is 0.130. The molecule has 34 heavy (non-hydrogen) atoms. The molecular weight excluding hydrogens is 517 g/mol. The maximum absolute atomic E-state index is 12.5. The lowest BCUT2D eigenvalue weighted by Gasteiger charge is -2.17. The minimum Gasteiger partial charge on any atom is -0.479 e. The van der Waals surface area contributed by atoms with Crippen LogP contribution >= 0.6 is 47.0 Å². The van der Waals surface area contributed by atoms with Crippen LogP contribution in [0, 0.1) is 6.92 Å². The van der Waals surface area contributed by atoms with Crippen LogP contribution in [0.5, 0.6) is 5.75 Å². The van der Waals surface area contributed by atoms with Crippen molar-refractivity contribution in [2.24, 2.45) is 0 Å². The number of rotatable bonds is 5. The minimum absolute atomic E-state index is 0.121. The molecule has 1 amide bonds. The van der Waals surface area contributed by atoms with Gasteiger partial charge in [-0.3, -0.25) is 10.1 Å². The Balaban J connectivity index is 1.44. The van der Waals surface area contributed by atoms with Crippen molar-refractivity contribution in [1.29, 1.82) is 0 Å². The number of aromatic nitrogens is 3. The number of thiocarbonyl (C=S) groups is 1. The zero-order valence-corrected chi connectivity index (χ0v) is 21.1. The molecule has 0 aliphatic rings. The molecule has 1 aromatic heterocycles. The number of fused-ring (bicyclic) bond motifs is 1. The number of carbonyl (C=O) groups excluding carboxylic acids is 1. The second kappa shape index (κ2) is 10.1. The molecule has 1 atom stereocenters. The van der Waals surface area contributed by atoms with Gasteiger partial charge in [0.2, 0.25) is 0 Å². The summed E-state index contributed by atoms with van der Waals surface area (Å²) in [6, 6.07) is 15.7. The normalized spacial score (nSPS) is 11.8. The molecule has 2 N–H and O–H groups in total. The lowest BCUT2D eigenvalue weighted by Crippen LogP contribution is -2.42. The third-order valence-corrected chi connectivity index (χ3v) is 5.82. The lowest BCUT2D eigenvalue weighted by molar-refractivity contribution is -0.125. The summed E-state index contributed by atoms with van der Waals surface area (Å²) in [6.45, 7) is 3.50. The van der Waals surface area contributed by atoms with Crippen molar-refractivity contribution in [2.75, 3.05) is 5.32 Å². The third-order valence-electron chi connectivity index (χ3n) is 4.84. The second-order valence-electron chi connectivity index (χ2n) is 7.40. The molecule has 11 heteroatoms. The summed E-state index contributed by atoms with van der Waals surface area (Å²) in [4.78, 5) is 14.1. The van der Waals surface area contributed by atoms with E-state index >= 15 is 0 Å². The van der Waals surface area contributed by atoms with Gasteiger partial charge in [0, 0.05) is 15.7 Å². The van der Waals surface area contributed by atoms with Crippen molar-refractivity contribution < 1.29 is 9.53 Å². The standard InChI is InChI=1S/C23H18Cl3N5O2S/c1-12-9-19-20(30-31(29-19)16-6-3-14(24)4-7-16)11-18(12)27-23(34)28-22(32)13(2)33-21-8-5-15(25)10-17(21)26/h3-11,13H,1-2H3,(H2,27,28,32,34). The molecule has 0 saturated heterocycles. The molecule has 0 fully saturated rings. The van der Waals surface area contributed by atoms with E-state index in [4.69, 9.17) is 51.8 Å². The summed E-state index contributed by atoms with van der Waals surface area (Å²) in [7, 11) is 0. The average molecular weight is 535 g/mol. The van der Waals surface area contributed by atoms with Crippen molar-refractivity contribution in [3.63, 3.8) is 0 Å². The first-order valence-electron chi connectivity index (χ1n) is 10.1. The van der Waals surface area contributed by atoms with Crippen molar-refractivity contribution in [3.05, 3.63) is 75.2 Å². The monoisotopic (exact) mass is 533 g/mol. The predicted octanol–water partition coefficient (Wildman–Crippen LogP) is 5.97.